The summed E-state index contributed by atoms with van der Waals surface area (Å²) in [6.45, 7) is 10.8. The molecule has 0 radical (unpaired) electrons. The average molecular weight is 383 g/mol. The van der Waals surface area contributed by atoms with Crippen LogP contribution in [-0.4, -0.2) is 46.9 Å². The number of nitrogens with zero attached hydrogens (tertiary/aromatic N) is 3. The van der Waals surface area contributed by atoms with E-state index in [0.717, 1.165) is 24.5 Å². The smallest absolute Gasteiger partial charge is 0.219 e. The van der Waals surface area contributed by atoms with Crippen molar-refractivity contribution in [3.05, 3.63) is 66.0 Å². The molecule has 0 aliphatic carbocycles. The van der Waals surface area contributed by atoms with Crippen LogP contribution in [0.4, 0.5) is 15.8 Å². The molecule has 7 heteroatoms. The fourth-order valence-corrected chi connectivity index (χ4v) is 3.17. The molecule has 0 saturated carbocycles. The third kappa shape index (κ3) is 5.07. The molecule has 1 aliphatic heterocycles. The Balaban J connectivity index is 1.60. The fourth-order valence-electron chi connectivity index (χ4n) is 3.17. The zero-order valence-electron chi connectivity index (χ0n) is 16.3. The van der Waals surface area contributed by atoms with Crippen molar-refractivity contribution < 1.29 is 9.18 Å². The molecule has 0 atom stereocenters. The van der Waals surface area contributed by atoms with E-state index < -0.39 is 0 Å². The number of piperazine rings is 1. The Morgan fingerprint density at radius 3 is 2.57 bits per heavy atom. The minimum atomic E-state index is -0.290. The highest BCUT2D eigenvalue weighted by atomic mass is 19.1. The van der Waals surface area contributed by atoms with Crippen LogP contribution < -0.4 is 10.6 Å². The Hall–Kier alpha value is -2.93. The molecule has 2 heterocycles. The molecule has 148 valence electrons. The normalized spacial score (nSPS) is 14.6. The van der Waals surface area contributed by atoms with E-state index >= 15 is 0 Å². The molecule has 1 saturated heterocycles. The van der Waals surface area contributed by atoms with Crippen LogP contribution in [0.15, 0.2) is 48.9 Å². The van der Waals surface area contributed by atoms with Gasteiger partial charge < -0.3 is 15.5 Å². The van der Waals surface area contributed by atoms with E-state index in [1.807, 2.05) is 30.0 Å². The van der Waals surface area contributed by atoms with Crippen molar-refractivity contribution >= 4 is 17.3 Å². The van der Waals surface area contributed by atoms with E-state index in [1.54, 1.807) is 25.3 Å². The molecule has 6 nitrogen and oxygen atoms in total. The minimum absolute atomic E-state index is 0.0896. The zero-order valence-corrected chi connectivity index (χ0v) is 16.3. The number of nitrogens with one attached hydrogen (secondary N) is 2. The summed E-state index contributed by atoms with van der Waals surface area (Å²) >= 11 is 0. The largest absolute Gasteiger partial charge is 0.341 e. The summed E-state index contributed by atoms with van der Waals surface area (Å²) in [6.07, 6.45) is 1.70. The second-order valence-electron chi connectivity index (χ2n) is 6.98. The van der Waals surface area contributed by atoms with Crippen molar-refractivity contribution in [3.8, 4) is 0 Å². The number of pyridine rings is 1. The highest BCUT2D eigenvalue weighted by Crippen LogP contribution is 2.22. The highest BCUT2D eigenvalue weighted by Gasteiger charge is 2.20. The first-order chi connectivity index (χ1) is 13.4. The molecular formula is C21H26FN5O. The van der Waals surface area contributed by atoms with Crippen LogP contribution in [0.1, 0.15) is 18.2 Å². The number of hydrogen-bond donors (Lipinski definition) is 2. The van der Waals surface area contributed by atoms with Crippen LogP contribution in [0.5, 0.6) is 0 Å². The minimum Gasteiger partial charge on any atom is -0.341 e. The number of anilines is 2. The molecule has 1 amide bonds. The third-order valence-corrected chi connectivity index (χ3v) is 4.78. The lowest BCUT2D eigenvalue weighted by Gasteiger charge is -2.34. The van der Waals surface area contributed by atoms with Gasteiger partial charge in [-0.2, -0.15) is 0 Å². The Labute approximate surface area is 165 Å². The van der Waals surface area contributed by atoms with Crippen LogP contribution in [0.3, 0.4) is 0 Å². The van der Waals surface area contributed by atoms with Gasteiger partial charge in [0.05, 0.1) is 17.6 Å². The van der Waals surface area contributed by atoms with Crippen molar-refractivity contribution in [2.24, 2.45) is 0 Å². The summed E-state index contributed by atoms with van der Waals surface area (Å²) in [4.78, 5) is 19.6. The molecule has 2 aromatic rings. The molecule has 3 rings (SSSR count). The molecule has 0 bridgehead atoms. The van der Waals surface area contributed by atoms with Crippen LogP contribution in [0, 0.1) is 12.7 Å². The number of aryl methyl sites for hydroxylation is 1. The van der Waals surface area contributed by atoms with Gasteiger partial charge in [0.2, 0.25) is 5.91 Å². The first kappa shape index (κ1) is 19.8. The third-order valence-electron chi connectivity index (χ3n) is 4.78. The number of hydrogen-bond acceptors (Lipinski definition) is 5. The van der Waals surface area contributed by atoms with Crippen LogP contribution in [0.2, 0.25) is 0 Å². The summed E-state index contributed by atoms with van der Waals surface area (Å²) in [5.41, 5.74) is 2.69. The number of aromatic nitrogens is 1. The van der Waals surface area contributed by atoms with E-state index in [9.17, 15) is 9.18 Å². The molecule has 0 unspecified atom stereocenters. The van der Waals surface area contributed by atoms with E-state index in [1.165, 1.54) is 0 Å². The van der Waals surface area contributed by atoms with Crippen molar-refractivity contribution in [2.45, 2.75) is 20.4 Å². The number of amides is 1. The van der Waals surface area contributed by atoms with Gasteiger partial charge in [0, 0.05) is 50.9 Å². The summed E-state index contributed by atoms with van der Waals surface area (Å²) in [7, 11) is 0. The lowest BCUT2D eigenvalue weighted by Crippen LogP contribution is -2.47. The molecule has 0 spiro atoms. The topological polar surface area (TPSA) is 60.5 Å². The van der Waals surface area contributed by atoms with Gasteiger partial charge in [0.1, 0.15) is 5.82 Å². The molecule has 2 N–H and O–H groups in total. The van der Waals surface area contributed by atoms with Crippen LogP contribution in [-0.2, 0) is 11.3 Å². The molecule has 1 aromatic carbocycles. The number of benzene rings is 1. The Kier molecular flexibility index (Phi) is 6.26. The van der Waals surface area contributed by atoms with Gasteiger partial charge in [-0.1, -0.05) is 18.7 Å². The molecule has 1 aliphatic rings. The summed E-state index contributed by atoms with van der Waals surface area (Å²) in [6, 6.07) is 9.09. The van der Waals surface area contributed by atoms with Gasteiger partial charge in [0.25, 0.3) is 0 Å². The maximum atomic E-state index is 14.9. The zero-order chi connectivity index (χ0) is 20.1. The van der Waals surface area contributed by atoms with Crippen molar-refractivity contribution in [1.82, 2.24) is 14.8 Å². The van der Waals surface area contributed by atoms with Crippen molar-refractivity contribution in [3.63, 3.8) is 0 Å². The monoisotopic (exact) mass is 383 g/mol. The van der Waals surface area contributed by atoms with Gasteiger partial charge in [0.15, 0.2) is 5.82 Å². The van der Waals surface area contributed by atoms with E-state index in [4.69, 9.17) is 0 Å². The predicted molar refractivity (Wildman–Crippen MR) is 109 cm³/mol. The lowest BCUT2D eigenvalue weighted by molar-refractivity contribution is -0.130. The Morgan fingerprint density at radius 1 is 1.18 bits per heavy atom. The fraction of sp³-hybridized carbons (Fsp3) is 0.333. The molecule has 1 aromatic heterocycles. The average Bonchev–Trinajstić information content (AvgIpc) is 2.67. The van der Waals surface area contributed by atoms with Gasteiger partial charge in [-0.3, -0.25) is 14.7 Å². The van der Waals surface area contributed by atoms with E-state index in [-0.39, 0.29) is 11.7 Å². The lowest BCUT2D eigenvalue weighted by atomic mass is 10.1. The number of carbonyl (C=O) groups is 1. The Bertz CT molecular complexity index is 844. The first-order valence-corrected chi connectivity index (χ1v) is 9.33. The number of rotatable bonds is 6. The van der Waals surface area contributed by atoms with E-state index in [2.05, 4.69) is 27.1 Å². The quantitative estimate of drug-likeness (QED) is 0.802. The van der Waals surface area contributed by atoms with Crippen LogP contribution >= 0.6 is 0 Å². The molecule has 28 heavy (non-hydrogen) atoms. The number of halogens is 1. The van der Waals surface area contributed by atoms with Crippen molar-refractivity contribution in [2.75, 3.05) is 36.8 Å². The molecular weight excluding hydrogens is 357 g/mol. The standard InChI is InChI=1S/C21H26FN5O/c1-15-7-8-19(13-23-15)24-16(2)25-20-6-4-5-18(21(20)22)14-26-9-11-27(12-10-26)17(3)28/h4-8,13,24-25H,2,9-12,14H2,1,3H3. The molecule has 1 fully saturated rings. The van der Waals surface area contributed by atoms with Crippen LogP contribution in [0.25, 0.3) is 0 Å². The first-order valence-electron chi connectivity index (χ1n) is 9.33. The summed E-state index contributed by atoms with van der Waals surface area (Å²) < 4.78 is 14.9. The SMILES string of the molecule is C=C(Nc1ccc(C)nc1)Nc1cccc(CN2CCN(C(C)=O)CC2)c1F. The second kappa shape index (κ2) is 8.84. The van der Waals surface area contributed by atoms with Gasteiger partial charge >= 0.3 is 0 Å². The van der Waals surface area contributed by atoms with E-state index in [0.29, 0.717) is 36.7 Å². The highest BCUT2D eigenvalue weighted by molar-refractivity contribution is 5.73. The maximum absolute atomic E-state index is 14.9. The predicted octanol–water partition coefficient (Wildman–Crippen LogP) is 3.19. The van der Waals surface area contributed by atoms with Gasteiger partial charge in [-0.05, 0) is 25.1 Å². The number of carbonyl (C=O) groups excluding carboxylic acids is 1. The second-order valence-corrected chi connectivity index (χ2v) is 6.98. The maximum Gasteiger partial charge on any atom is 0.219 e. The summed E-state index contributed by atoms with van der Waals surface area (Å²) in [5, 5.41) is 6.07. The van der Waals surface area contributed by atoms with Gasteiger partial charge in [-0.25, -0.2) is 4.39 Å². The van der Waals surface area contributed by atoms with Gasteiger partial charge in [-0.15, -0.1) is 0 Å². The Morgan fingerprint density at radius 2 is 1.93 bits per heavy atom. The summed E-state index contributed by atoms with van der Waals surface area (Å²) in [5.74, 6) is 0.269. The van der Waals surface area contributed by atoms with Crippen molar-refractivity contribution in [1.29, 1.82) is 0 Å².